The molecular formula is C16H23N5O3. The number of anilines is 1. The monoisotopic (exact) mass is 333 g/mol. The Bertz CT molecular complexity index is 714. The van der Waals surface area contributed by atoms with Gasteiger partial charge in [0.25, 0.3) is 5.56 Å². The number of fused-ring (bicyclic) bond motifs is 1. The van der Waals surface area contributed by atoms with Crippen molar-refractivity contribution in [3.8, 4) is 0 Å². The lowest BCUT2D eigenvalue weighted by atomic mass is 9.94. The summed E-state index contributed by atoms with van der Waals surface area (Å²) in [5.74, 6) is 0.0707. The van der Waals surface area contributed by atoms with Crippen LogP contribution in [-0.2, 0) is 22.6 Å². The Balaban J connectivity index is 1.72. The number of nitrogens with one attached hydrogen (secondary N) is 1. The average Bonchev–Trinajstić information content (AvgIpc) is 2.55. The van der Waals surface area contributed by atoms with Gasteiger partial charge in [-0.1, -0.05) is 6.92 Å². The molecule has 2 aliphatic rings. The fraction of sp³-hybridized carbons (Fsp3) is 0.625. The lowest BCUT2D eigenvalue weighted by Gasteiger charge is -2.36. The molecule has 8 nitrogen and oxygen atoms in total. The molecule has 1 fully saturated rings. The fourth-order valence-corrected chi connectivity index (χ4v) is 3.51. The molecule has 0 aromatic carbocycles. The van der Waals surface area contributed by atoms with Crippen molar-refractivity contribution in [3.63, 3.8) is 0 Å². The number of rotatable bonds is 3. The van der Waals surface area contributed by atoms with Gasteiger partial charge in [-0.2, -0.15) is 0 Å². The zero-order valence-electron chi connectivity index (χ0n) is 13.9. The number of amides is 2. The van der Waals surface area contributed by atoms with E-state index in [2.05, 4.69) is 9.97 Å². The van der Waals surface area contributed by atoms with Crippen molar-refractivity contribution in [2.24, 2.45) is 5.92 Å². The molecule has 1 aromatic rings. The van der Waals surface area contributed by atoms with Crippen LogP contribution in [0.15, 0.2) is 4.79 Å². The molecule has 0 aliphatic carbocycles. The summed E-state index contributed by atoms with van der Waals surface area (Å²) in [5, 5.41) is 0. The van der Waals surface area contributed by atoms with Crippen LogP contribution < -0.4 is 11.3 Å². The van der Waals surface area contributed by atoms with Gasteiger partial charge in [0, 0.05) is 31.6 Å². The number of piperidine rings is 1. The van der Waals surface area contributed by atoms with E-state index < -0.39 is 0 Å². The van der Waals surface area contributed by atoms with Crippen molar-refractivity contribution in [2.75, 3.05) is 25.4 Å². The number of nitrogen functional groups attached to an aromatic ring is 1. The van der Waals surface area contributed by atoms with Crippen LogP contribution in [0, 0.1) is 5.92 Å². The zero-order chi connectivity index (χ0) is 17.3. The highest BCUT2D eigenvalue weighted by atomic mass is 16.2. The normalized spacial score (nSPS) is 20.9. The van der Waals surface area contributed by atoms with Crippen LogP contribution in [0.1, 0.15) is 37.4 Å². The smallest absolute Gasteiger partial charge is 0.255 e. The summed E-state index contributed by atoms with van der Waals surface area (Å²) in [6, 6.07) is 0. The molecule has 1 atom stereocenters. The van der Waals surface area contributed by atoms with E-state index in [4.69, 9.17) is 5.73 Å². The second-order valence-corrected chi connectivity index (χ2v) is 6.46. The van der Waals surface area contributed by atoms with Crippen molar-refractivity contribution in [2.45, 2.75) is 39.2 Å². The van der Waals surface area contributed by atoms with Crippen molar-refractivity contribution in [1.82, 2.24) is 19.8 Å². The van der Waals surface area contributed by atoms with E-state index in [-0.39, 0.29) is 29.2 Å². The van der Waals surface area contributed by atoms with Gasteiger partial charge in [-0.3, -0.25) is 19.4 Å². The molecule has 3 N–H and O–H groups in total. The standard InChI is InChI=1S/C16H23N5O3/c1-2-6-20-8-10(3-4-13(20)22)15(24)21-7-5-11-12(9-21)18-16(17)19-14(11)23/h10H,2-9H2,1H3,(H3,17,18,19,23)/t10-/m0/s1. The molecule has 0 spiro atoms. The second-order valence-electron chi connectivity index (χ2n) is 6.46. The van der Waals surface area contributed by atoms with Crippen LogP contribution >= 0.6 is 0 Å². The second kappa shape index (κ2) is 6.62. The SMILES string of the molecule is CCCN1C[C@@H](C(=O)N2CCc3c(nc(N)[nH]c3=O)C2)CCC1=O. The number of aromatic amines is 1. The highest BCUT2D eigenvalue weighted by Crippen LogP contribution is 2.23. The highest BCUT2D eigenvalue weighted by Gasteiger charge is 2.34. The van der Waals surface area contributed by atoms with E-state index in [0.717, 1.165) is 6.42 Å². The number of aromatic nitrogens is 2. The van der Waals surface area contributed by atoms with E-state index in [1.165, 1.54) is 0 Å². The van der Waals surface area contributed by atoms with Gasteiger partial charge in [-0.05, 0) is 19.3 Å². The third-order valence-corrected chi connectivity index (χ3v) is 4.75. The molecule has 1 saturated heterocycles. The lowest BCUT2D eigenvalue weighted by molar-refractivity contribution is -0.143. The van der Waals surface area contributed by atoms with Gasteiger partial charge >= 0.3 is 0 Å². The van der Waals surface area contributed by atoms with E-state index >= 15 is 0 Å². The first kappa shape index (κ1) is 16.5. The van der Waals surface area contributed by atoms with E-state index in [9.17, 15) is 14.4 Å². The Hall–Kier alpha value is -2.38. The maximum atomic E-state index is 12.8. The van der Waals surface area contributed by atoms with Gasteiger partial charge in [0.1, 0.15) is 0 Å². The number of carbonyl (C=O) groups excluding carboxylic acids is 2. The Kier molecular flexibility index (Phi) is 4.55. The summed E-state index contributed by atoms with van der Waals surface area (Å²) in [5.41, 5.74) is 6.57. The minimum absolute atomic E-state index is 0.0370. The van der Waals surface area contributed by atoms with Crippen molar-refractivity contribution in [3.05, 3.63) is 21.6 Å². The Morgan fingerprint density at radius 1 is 1.38 bits per heavy atom. The van der Waals surface area contributed by atoms with Gasteiger partial charge < -0.3 is 15.5 Å². The molecule has 0 bridgehead atoms. The first-order valence-corrected chi connectivity index (χ1v) is 8.43. The third kappa shape index (κ3) is 3.13. The highest BCUT2D eigenvalue weighted by molar-refractivity contribution is 5.84. The summed E-state index contributed by atoms with van der Waals surface area (Å²) >= 11 is 0. The topological polar surface area (TPSA) is 112 Å². The Labute approximate surface area is 140 Å². The van der Waals surface area contributed by atoms with Crippen LogP contribution in [0.2, 0.25) is 0 Å². The van der Waals surface area contributed by atoms with Crippen LogP contribution in [-0.4, -0.2) is 51.2 Å². The maximum absolute atomic E-state index is 12.8. The molecule has 24 heavy (non-hydrogen) atoms. The fourth-order valence-electron chi connectivity index (χ4n) is 3.51. The first-order valence-electron chi connectivity index (χ1n) is 8.43. The molecule has 3 rings (SSSR count). The molecule has 0 radical (unpaired) electrons. The largest absolute Gasteiger partial charge is 0.369 e. The molecule has 8 heteroatoms. The summed E-state index contributed by atoms with van der Waals surface area (Å²) < 4.78 is 0. The number of nitrogens with zero attached hydrogens (tertiary/aromatic N) is 3. The summed E-state index contributed by atoms with van der Waals surface area (Å²) in [6.45, 7) is 4.01. The van der Waals surface area contributed by atoms with Crippen LogP contribution in [0.5, 0.6) is 0 Å². The van der Waals surface area contributed by atoms with Crippen LogP contribution in [0.25, 0.3) is 0 Å². The number of H-pyrrole nitrogens is 1. The predicted molar refractivity (Wildman–Crippen MR) is 88.0 cm³/mol. The number of likely N-dealkylation sites (tertiary alicyclic amines) is 1. The third-order valence-electron chi connectivity index (χ3n) is 4.75. The van der Waals surface area contributed by atoms with Crippen molar-refractivity contribution >= 4 is 17.8 Å². The van der Waals surface area contributed by atoms with Gasteiger partial charge in [0.05, 0.1) is 18.2 Å². The zero-order valence-corrected chi connectivity index (χ0v) is 13.9. The number of hydrogen-bond donors (Lipinski definition) is 2. The quantitative estimate of drug-likeness (QED) is 0.801. The van der Waals surface area contributed by atoms with Gasteiger partial charge in [-0.15, -0.1) is 0 Å². The average molecular weight is 333 g/mol. The molecule has 130 valence electrons. The lowest BCUT2D eigenvalue weighted by Crippen LogP contribution is -2.48. The van der Waals surface area contributed by atoms with Gasteiger partial charge in [-0.25, -0.2) is 4.98 Å². The molecule has 3 heterocycles. The Morgan fingerprint density at radius 2 is 2.17 bits per heavy atom. The summed E-state index contributed by atoms with van der Waals surface area (Å²) in [6.07, 6.45) is 2.38. The van der Waals surface area contributed by atoms with E-state index in [1.54, 1.807) is 9.80 Å². The van der Waals surface area contributed by atoms with Gasteiger partial charge in [0.2, 0.25) is 17.8 Å². The molecule has 1 aromatic heterocycles. The molecule has 2 aliphatic heterocycles. The summed E-state index contributed by atoms with van der Waals surface area (Å²) in [7, 11) is 0. The predicted octanol–water partition coefficient (Wildman–Crippen LogP) is -0.115. The van der Waals surface area contributed by atoms with Crippen molar-refractivity contribution in [1.29, 1.82) is 0 Å². The molecule has 0 saturated carbocycles. The van der Waals surface area contributed by atoms with Crippen LogP contribution in [0.3, 0.4) is 0 Å². The molecule has 2 amide bonds. The summed E-state index contributed by atoms with van der Waals surface area (Å²) in [4.78, 5) is 46.8. The minimum Gasteiger partial charge on any atom is -0.369 e. The van der Waals surface area contributed by atoms with Crippen LogP contribution in [0.4, 0.5) is 5.95 Å². The molecule has 0 unspecified atom stereocenters. The van der Waals surface area contributed by atoms with Crippen molar-refractivity contribution < 1.29 is 9.59 Å². The first-order chi connectivity index (χ1) is 11.5. The number of carbonyl (C=O) groups is 2. The van der Waals surface area contributed by atoms with Gasteiger partial charge in [0.15, 0.2) is 0 Å². The van der Waals surface area contributed by atoms with E-state index in [1.807, 2.05) is 6.92 Å². The Morgan fingerprint density at radius 3 is 2.92 bits per heavy atom. The number of hydrogen-bond acceptors (Lipinski definition) is 5. The maximum Gasteiger partial charge on any atom is 0.255 e. The molecular weight excluding hydrogens is 310 g/mol. The number of nitrogens with two attached hydrogens (primary N) is 1. The van der Waals surface area contributed by atoms with E-state index in [0.29, 0.717) is 56.7 Å². The minimum atomic E-state index is -0.220.